The SMILES string of the molecule is Cc1cc(OCC2CCCCN2)ncn1. The van der Waals surface area contributed by atoms with E-state index in [2.05, 4.69) is 15.3 Å². The van der Waals surface area contributed by atoms with Crippen LogP contribution in [0.1, 0.15) is 25.0 Å². The molecule has 0 aliphatic carbocycles. The topological polar surface area (TPSA) is 47.0 Å². The Balaban J connectivity index is 1.81. The van der Waals surface area contributed by atoms with Crippen LogP contribution in [0.25, 0.3) is 0 Å². The molecule has 1 unspecified atom stereocenters. The number of hydrogen-bond acceptors (Lipinski definition) is 4. The molecular formula is C11H17N3O. The van der Waals surface area contributed by atoms with Crippen LogP contribution >= 0.6 is 0 Å². The molecule has 1 saturated heterocycles. The molecule has 15 heavy (non-hydrogen) atoms. The first-order chi connectivity index (χ1) is 7.34. The molecule has 0 bridgehead atoms. The molecule has 1 aliphatic heterocycles. The van der Waals surface area contributed by atoms with Crippen molar-refractivity contribution in [1.29, 1.82) is 0 Å². The average Bonchev–Trinajstić information content (AvgIpc) is 2.28. The number of nitrogens with zero attached hydrogens (tertiary/aromatic N) is 2. The molecular weight excluding hydrogens is 190 g/mol. The summed E-state index contributed by atoms with van der Waals surface area (Å²) in [5.41, 5.74) is 0.941. The van der Waals surface area contributed by atoms with Crippen LogP contribution in [0.4, 0.5) is 0 Å². The predicted octanol–water partition coefficient (Wildman–Crippen LogP) is 1.31. The second kappa shape index (κ2) is 5.07. The van der Waals surface area contributed by atoms with Crippen molar-refractivity contribution in [2.45, 2.75) is 32.2 Å². The van der Waals surface area contributed by atoms with Gasteiger partial charge in [0.2, 0.25) is 5.88 Å². The Labute approximate surface area is 90.1 Å². The molecule has 0 aromatic carbocycles. The molecule has 0 saturated carbocycles. The molecule has 1 aliphatic rings. The minimum Gasteiger partial charge on any atom is -0.476 e. The lowest BCUT2D eigenvalue weighted by Gasteiger charge is -2.23. The Bertz CT molecular complexity index is 310. The van der Waals surface area contributed by atoms with E-state index in [-0.39, 0.29) is 0 Å². The lowest BCUT2D eigenvalue weighted by molar-refractivity contribution is 0.231. The summed E-state index contributed by atoms with van der Waals surface area (Å²) < 4.78 is 5.61. The van der Waals surface area contributed by atoms with Crippen molar-refractivity contribution in [3.05, 3.63) is 18.1 Å². The minimum absolute atomic E-state index is 0.481. The van der Waals surface area contributed by atoms with Crippen LogP contribution in [-0.2, 0) is 0 Å². The molecule has 4 heteroatoms. The van der Waals surface area contributed by atoms with Gasteiger partial charge in [0.05, 0.1) is 0 Å². The van der Waals surface area contributed by atoms with Crippen LogP contribution < -0.4 is 10.1 Å². The third kappa shape index (κ3) is 3.16. The molecule has 1 N–H and O–H groups in total. The number of aromatic nitrogens is 2. The van der Waals surface area contributed by atoms with Crippen LogP contribution in [0.15, 0.2) is 12.4 Å². The fourth-order valence-corrected chi connectivity index (χ4v) is 1.76. The fraction of sp³-hybridized carbons (Fsp3) is 0.636. The van der Waals surface area contributed by atoms with Gasteiger partial charge in [-0.15, -0.1) is 0 Å². The molecule has 1 aromatic rings. The number of hydrogen-bond donors (Lipinski definition) is 1. The van der Waals surface area contributed by atoms with Gasteiger partial charge in [-0.3, -0.25) is 0 Å². The molecule has 0 amide bonds. The van der Waals surface area contributed by atoms with Crippen molar-refractivity contribution in [3.63, 3.8) is 0 Å². The highest BCUT2D eigenvalue weighted by atomic mass is 16.5. The second-order valence-electron chi connectivity index (χ2n) is 3.96. The Kier molecular flexibility index (Phi) is 3.50. The van der Waals surface area contributed by atoms with Crippen LogP contribution in [0.3, 0.4) is 0 Å². The highest BCUT2D eigenvalue weighted by Gasteiger charge is 2.13. The minimum atomic E-state index is 0.481. The lowest BCUT2D eigenvalue weighted by Crippen LogP contribution is -2.38. The highest BCUT2D eigenvalue weighted by molar-refractivity contribution is 5.11. The molecule has 2 heterocycles. The van der Waals surface area contributed by atoms with E-state index in [1.165, 1.54) is 19.3 Å². The highest BCUT2D eigenvalue weighted by Crippen LogP contribution is 2.10. The van der Waals surface area contributed by atoms with Gasteiger partial charge in [-0.2, -0.15) is 0 Å². The monoisotopic (exact) mass is 207 g/mol. The molecule has 0 radical (unpaired) electrons. The van der Waals surface area contributed by atoms with Crippen molar-refractivity contribution in [3.8, 4) is 5.88 Å². The first-order valence-corrected chi connectivity index (χ1v) is 5.49. The third-order valence-corrected chi connectivity index (χ3v) is 2.62. The largest absolute Gasteiger partial charge is 0.476 e. The summed E-state index contributed by atoms with van der Waals surface area (Å²) in [5, 5.41) is 3.44. The zero-order valence-electron chi connectivity index (χ0n) is 9.07. The van der Waals surface area contributed by atoms with Gasteiger partial charge in [0.15, 0.2) is 0 Å². The molecule has 4 nitrogen and oxygen atoms in total. The zero-order valence-corrected chi connectivity index (χ0v) is 9.07. The van der Waals surface area contributed by atoms with E-state index in [1.807, 2.05) is 13.0 Å². The molecule has 82 valence electrons. The van der Waals surface area contributed by atoms with Gasteiger partial charge in [-0.05, 0) is 26.3 Å². The van der Waals surface area contributed by atoms with Gasteiger partial charge < -0.3 is 10.1 Å². The summed E-state index contributed by atoms with van der Waals surface area (Å²) in [5.74, 6) is 0.676. The Morgan fingerprint density at radius 3 is 3.13 bits per heavy atom. The maximum absolute atomic E-state index is 5.61. The summed E-state index contributed by atoms with van der Waals surface area (Å²) in [7, 11) is 0. The molecule has 1 aromatic heterocycles. The standard InChI is InChI=1S/C11H17N3O/c1-9-6-11(14-8-13-9)15-7-10-4-2-3-5-12-10/h6,8,10,12H,2-5,7H2,1H3. The van der Waals surface area contributed by atoms with E-state index in [1.54, 1.807) is 6.33 Å². The predicted molar refractivity (Wildman–Crippen MR) is 57.9 cm³/mol. The van der Waals surface area contributed by atoms with Crippen molar-refractivity contribution >= 4 is 0 Å². The number of ether oxygens (including phenoxy) is 1. The first kappa shape index (κ1) is 10.4. The normalized spacial score (nSPS) is 21.3. The van der Waals surface area contributed by atoms with Gasteiger partial charge >= 0.3 is 0 Å². The van der Waals surface area contributed by atoms with E-state index >= 15 is 0 Å². The third-order valence-electron chi connectivity index (χ3n) is 2.62. The smallest absolute Gasteiger partial charge is 0.216 e. The molecule has 1 atom stereocenters. The molecule has 0 spiro atoms. The molecule has 1 fully saturated rings. The number of nitrogens with one attached hydrogen (secondary N) is 1. The van der Waals surface area contributed by atoms with Crippen molar-refractivity contribution in [2.75, 3.05) is 13.2 Å². The number of aryl methyl sites for hydroxylation is 1. The van der Waals surface area contributed by atoms with Gasteiger partial charge in [0, 0.05) is 17.8 Å². The molecule has 2 rings (SSSR count). The van der Waals surface area contributed by atoms with Gasteiger partial charge in [-0.1, -0.05) is 6.42 Å². The van der Waals surface area contributed by atoms with Crippen LogP contribution in [0.5, 0.6) is 5.88 Å². The van der Waals surface area contributed by atoms with Crippen molar-refractivity contribution in [2.24, 2.45) is 0 Å². The number of piperidine rings is 1. The summed E-state index contributed by atoms with van der Waals surface area (Å²) in [6, 6.07) is 2.34. The maximum Gasteiger partial charge on any atom is 0.216 e. The lowest BCUT2D eigenvalue weighted by atomic mass is 10.1. The maximum atomic E-state index is 5.61. The van der Waals surface area contributed by atoms with Gasteiger partial charge in [0.1, 0.15) is 12.9 Å². The summed E-state index contributed by atoms with van der Waals surface area (Å²) in [4.78, 5) is 8.09. The summed E-state index contributed by atoms with van der Waals surface area (Å²) in [6.07, 6.45) is 5.32. The van der Waals surface area contributed by atoms with E-state index < -0.39 is 0 Å². The summed E-state index contributed by atoms with van der Waals surface area (Å²) in [6.45, 7) is 3.75. The Morgan fingerprint density at radius 2 is 2.40 bits per heavy atom. The van der Waals surface area contributed by atoms with Crippen molar-refractivity contribution in [1.82, 2.24) is 15.3 Å². The van der Waals surface area contributed by atoms with Crippen LogP contribution in [0.2, 0.25) is 0 Å². The average molecular weight is 207 g/mol. The van der Waals surface area contributed by atoms with Crippen LogP contribution in [0, 0.1) is 6.92 Å². The Hall–Kier alpha value is -1.16. The van der Waals surface area contributed by atoms with Gasteiger partial charge in [-0.25, -0.2) is 9.97 Å². The van der Waals surface area contributed by atoms with Crippen LogP contribution in [-0.4, -0.2) is 29.2 Å². The second-order valence-corrected chi connectivity index (χ2v) is 3.96. The van der Waals surface area contributed by atoms with E-state index in [0.717, 1.165) is 12.2 Å². The quantitative estimate of drug-likeness (QED) is 0.811. The van der Waals surface area contributed by atoms with Crippen molar-refractivity contribution < 1.29 is 4.74 Å². The van der Waals surface area contributed by atoms with E-state index in [9.17, 15) is 0 Å². The van der Waals surface area contributed by atoms with E-state index in [0.29, 0.717) is 18.5 Å². The first-order valence-electron chi connectivity index (χ1n) is 5.49. The number of rotatable bonds is 3. The summed E-state index contributed by atoms with van der Waals surface area (Å²) >= 11 is 0. The Morgan fingerprint density at radius 1 is 1.47 bits per heavy atom. The fourth-order valence-electron chi connectivity index (χ4n) is 1.76. The van der Waals surface area contributed by atoms with E-state index in [4.69, 9.17) is 4.74 Å². The zero-order chi connectivity index (χ0) is 10.5. The van der Waals surface area contributed by atoms with Gasteiger partial charge in [0.25, 0.3) is 0 Å².